The molecule has 0 amide bonds. The molecule has 2 aromatic rings. The van der Waals surface area contributed by atoms with Crippen molar-refractivity contribution in [1.82, 2.24) is 19.8 Å². The third kappa shape index (κ3) is 2.39. The molecule has 104 valence electrons. The van der Waals surface area contributed by atoms with E-state index < -0.39 is 0 Å². The van der Waals surface area contributed by atoms with Crippen molar-refractivity contribution in [3.05, 3.63) is 10.8 Å². The van der Waals surface area contributed by atoms with Gasteiger partial charge in [0.1, 0.15) is 5.01 Å². The Labute approximate surface area is 117 Å². The van der Waals surface area contributed by atoms with Crippen LogP contribution in [0.1, 0.15) is 63.2 Å². The fourth-order valence-corrected chi connectivity index (χ4v) is 3.70. The lowest BCUT2D eigenvalue weighted by Crippen LogP contribution is -2.27. The number of nitrogens with zero attached hydrogens (tertiary/aromatic N) is 4. The minimum atomic E-state index is -0.0340. The molecule has 2 unspecified atom stereocenters. The van der Waals surface area contributed by atoms with Gasteiger partial charge in [-0.15, -0.1) is 10.2 Å². The van der Waals surface area contributed by atoms with Gasteiger partial charge in [-0.2, -0.15) is 9.61 Å². The summed E-state index contributed by atoms with van der Waals surface area (Å²) in [7, 11) is 0. The monoisotopic (exact) mass is 279 g/mol. The molecule has 0 saturated heterocycles. The highest BCUT2D eigenvalue weighted by molar-refractivity contribution is 7.16. The van der Waals surface area contributed by atoms with Crippen LogP contribution in [-0.4, -0.2) is 25.9 Å². The van der Waals surface area contributed by atoms with Crippen molar-refractivity contribution in [2.75, 3.05) is 0 Å². The van der Waals surface area contributed by atoms with E-state index in [1.807, 2.05) is 4.52 Å². The quantitative estimate of drug-likeness (QED) is 0.870. The molecule has 0 aliphatic heterocycles. The molecule has 0 radical (unpaired) electrons. The van der Waals surface area contributed by atoms with Gasteiger partial charge in [0, 0.05) is 17.4 Å². The van der Waals surface area contributed by atoms with Gasteiger partial charge in [-0.3, -0.25) is 0 Å². The second-order valence-electron chi connectivity index (χ2n) is 6.53. The molecule has 3 rings (SSSR count). The normalized spacial score (nSPS) is 25.1. The van der Waals surface area contributed by atoms with Gasteiger partial charge < -0.3 is 5.73 Å². The van der Waals surface area contributed by atoms with Crippen molar-refractivity contribution in [1.29, 1.82) is 0 Å². The largest absolute Gasteiger partial charge is 0.328 e. The highest BCUT2D eigenvalue weighted by atomic mass is 32.1. The molecule has 6 heteroatoms. The van der Waals surface area contributed by atoms with Crippen molar-refractivity contribution in [2.24, 2.45) is 5.73 Å². The van der Waals surface area contributed by atoms with Gasteiger partial charge in [0.15, 0.2) is 5.82 Å². The average molecular weight is 279 g/mol. The molecular weight excluding hydrogens is 258 g/mol. The van der Waals surface area contributed by atoms with E-state index in [1.165, 1.54) is 17.8 Å². The molecule has 0 bridgehead atoms. The van der Waals surface area contributed by atoms with Crippen LogP contribution >= 0.6 is 11.3 Å². The van der Waals surface area contributed by atoms with E-state index in [0.29, 0.717) is 12.0 Å². The van der Waals surface area contributed by atoms with Crippen LogP contribution in [0.4, 0.5) is 0 Å². The van der Waals surface area contributed by atoms with Gasteiger partial charge >= 0.3 is 0 Å². The van der Waals surface area contributed by atoms with Crippen LogP contribution in [0.25, 0.3) is 4.96 Å². The SMILES string of the molecule is CC(C)(C)c1nnc2sc(C3CCCC(N)C3)nn12. The topological polar surface area (TPSA) is 69.1 Å². The first-order chi connectivity index (χ1) is 8.95. The van der Waals surface area contributed by atoms with Crippen LogP contribution in [0.5, 0.6) is 0 Å². The number of rotatable bonds is 1. The van der Waals surface area contributed by atoms with Crippen molar-refractivity contribution in [2.45, 2.75) is 63.8 Å². The summed E-state index contributed by atoms with van der Waals surface area (Å²) in [5.74, 6) is 1.44. The zero-order valence-corrected chi connectivity index (χ0v) is 12.6. The third-order valence-corrected chi connectivity index (χ3v) is 4.80. The third-order valence-electron chi connectivity index (χ3n) is 3.74. The molecule has 1 saturated carbocycles. The van der Waals surface area contributed by atoms with Crippen LogP contribution < -0.4 is 5.73 Å². The number of hydrogen-bond donors (Lipinski definition) is 1. The van der Waals surface area contributed by atoms with Crippen molar-refractivity contribution in [3.63, 3.8) is 0 Å². The summed E-state index contributed by atoms with van der Waals surface area (Å²) < 4.78 is 1.92. The van der Waals surface area contributed by atoms with Crippen LogP contribution in [-0.2, 0) is 5.41 Å². The van der Waals surface area contributed by atoms with Crippen LogP contribution in [0, 0.1) is 0 Å². The molecule has 2 N–H and O–H groups in total. The summed E-state index contributed by atoms with van der Waals surface area (Å²) in [6.45, 7) is 6.41. The summed E-state index contributed by atoms with van der Waals surface area (Å²) in [4.78, 5) is 0.902. The highest BCUT2D eigenvalue weighted by Gasteiger charge is 2.27. The Balaban J connectivity index is 1.96. The first-order valence-corrected chi connectivity index (χ1v) is 7.75. The average Bonchev–Trinajstić information content (AvgIpc) is 2.85. The fourth-order valence-electron chi connectivity index (χ4n) is 2.72. The number of nitrogens with two attached hydrogens (primary N) is 1. The molecule has 19 heavy (non-hydrogen) atoms. The molecule has 1 fully saturated rings. The predicted molar refractivity (Wildman–Crippen MR) is 76.5 cm³/mol. The highest BCUT2D eigenvalue weighted by Crippen LogP contribution is 2.35. The van der Waals surface area contributed by atoms with E-state index in [2.05, 4.69) is 31.0 Å². The van der Waals surface area contributed by atoms with E-state index in [0.717, 1.165) is 23.6 Å². The summed E-state index contributed by atoms with van der Waals surface area (Å²) >= 11 is 1.67. The Kier molecular flexibility index (Phi) is 3.09. The predicted octanol–water partition coefficient (Wildman–Crippen LogP) is 2.47. The Bertz CT molecular complexity index is 579. The molecule has 2 aromatic heterocycles. The second kappa shape index (κ2) is 4.52. The van der Waals surface area contributed by atoms with Gasteiger partial charge in [0.2, 0.25) is 4.96 Å². The summed E-state index contributed by atoms with van der Waals surface area (Å²) in [5.41, 5.74) is 6.04. The molecular formula is C13H21N5S. The van der Waals surface area contributed by atoms with Crippen molar-refractivity contribution < 1.29 is 0 Å². The van der Waals surface area contributed by atoms with Gasteiger partial charge in [-0.25, -0.2) is 0 Å². The zero-order chi connectivity index (χ0) is 13.6. The van der Waals surface area contributed by atoms with Gasteiger partial charge in [-0.05, 0) is 19.3 Å². The first-order valence-electron chi connectivity index (χ1n) is 6.93. The summed E-state index contributed by atoms with van der Waals surface area (Å²) in [6, 6.07) is 0.329. The minimum absolute atomic E-state index is 0.0340. The molecule has 0 aromatic carbocycles. The Morgan fingerprint density at radius 2 is 2.05 bits per heavy atom. The van der Waals surface area contributed by atoms with E-state index in [-0.39, 0.29) is 5.41 Å². The lowest BCUT2D eigenvalue weighted by Gasteiger charge is -2.24. The molecule has 2 heterocycles. The Morgan fingerprint density at radius 1 is 1.26 bits per heavy atom. The fraction of sp³-hybridized carbons (Fsp3) is 0.769. The standard InChI is InChI=1S/C13H21N5S/c1-13(2,3)11-15-16-12-18(11)17-10(19-12)8-5-4-6-9(14)7-8/h8-9H,4-7,14H2,1-3H3. The lowest BCUT2D eigenvalue weighted by molar-refractivity contribution is 0.389. The van der Waals surface area contributed by atoms with Crippen LogP contribution in [0.3, 0.4) is 0 Å². The molecule has 0 spiro atoms. The van der Waals surface area contributed by atoms with Crippen molar-refractivity contribution >= 4 is 16.3 Å². The van der Waals surface area contributed by atoms with E-state index in [9.17, 15) is 0 Å². The molecule has 1 aliphatic rings. The maximum atomic E-state index is 6.07. The van der Waals surface area contributed by atoms with Crippen molar-refractivity contribution in [3.8, 4) is 0 Å². The Morgan fingerprint density at radius 3 is 2.74 bits per heavy atom. The van der Waals surface area contributed by atoms with Crippen LogP contribution in [0.15, 0.2) is 0 Å². The molecule has 1 aliphatic carbocycles. The molecule has 5 nitrogen and oxygen atoms in total. The van der Waals surface area contributed by atoms with E-state index >= 15 is 0 Å². The zero-order valence-electron chi connectivity index (χ0n) is 11.8. The molecule has 2 atom stereocenters. The van der Waals surface area contributed by atoms with E-state index in [1.54, 1.807) is 11.3 Å². The Hall–Kier alpha value is -1.01. The van der Waals surface area contributed by atoms with Crippen LogP contribution in [0.2, 0.25) is 0 Å². The number of hydrogen-bond acceptors (Lipinski definition) is 5. The number of fused-ring (bicyclic) bond motifs is 1. The number of aromatic nitrogens is 4. The van der Waals surface area contributed by atoms with Gasteiger partial charge in [0.05, 0.1) is 0 Å². The second-order valence-corrected chi connectivity index (χ2v) is 7.52. The minimum Gasteiger partial charge on any atom is -0.328 e. The maximum absolute atomic E-state index is 6.07. The first kappa shape index (κ1) is 13.0. The smallest absolute Gasteiger partial charge is 0.234 e. The maximum Gasteiger partial charge on any atom is 0.234 e. The van der Waals surface area contributed by atoms with Gasteiger partial charge in [0.25, 0.3) is 0 Å². The van der Waals surface area contributed by atoms with Gasteiger partial charge in [-0.1, -0.05) is 38.5 Å². The van der Waals surface area contributed by atoms with E-state index in [4.69, 9.17) is 10.8 Å². The summed E-state index contributed by atoms with van der Waals surface area (Å²) in [6.07, 6.45) is 4.60. The summed E-state index contributed by atoms with van der Waals surface area (Å²) in [5, 5.41) is 14.4. The lowest BCUT2D eigenvalue weighted by atomic mass is 9.87.